The highest BCUT2D eigenvalue weighted by atomic mass is 16.3. The Morgan fingerprint density at radius 3 is 2.38 bits per heavy atom. The Bertz CT molecular complexity index is 507. The zero-order valence-electron chi connectivity index (χ0n) is 8.54. The maximum atomic E-state index is 9.51. The number of hydrogen-bond acceptors (Lipinski definition) is 3. The van der Waals surface area contributed by atoms with Crippen LogP contribution in [-0.4, -0.2) is 16.4 Å². The predicted octanol–water partition coefficient (Wildman–Crippen LogP) is 2.85. The molecule has 0 aliphatic heterocycles. The van der Waals surface area contributed by atoms with Crippen molar-refractivity contribution in [3.05, 3.63) is 54.1 Å². The molecule has 2 rings (SSSR count). The average Bonchev–Trinajstić information content (AvgIpc) is 2.32. The molecule has 3 heteroatoms. The summed E-state index contributed by atoms with van der Waals surface area (Å²) in [7, 11) is 0. The lowest BCUT2D eigenvalue weighted by Gasteiger charge is -2.00. The van der Waals surface area contributed by atoms with Crippen LogP contribution < -0.4 is 0 Å². The van der Waals surface area contributed by atoms with Crippen LogP contribution in [0.2, 0.25) is 0 Å². The zero-order chi connectivity index (χ0) is 11.4. The lowest BCUT2D eigenvalue weighted by molar-refractivity contribution is 0.405. The molecule has 0 unspecified atom stereocenters. The zero-order valence-corrected chi connectivity index (χ0v) is 8.54. The third kappa shape index (κ3) is 2.20. The molecular formula is C13H11NO2. The number of benzene rings is 2. The van der Waals surface area contributed by atoms with Gasteiger partial charge in [-0.05, 0) is 17.7 Å². The summed E-state index contributed by atoms with van der Waals surface area (Å²) in [6, 6.07) is 14.2. The number of para-hydroxylation sites is 1. The van der Waals surface area contributed by atoms with Crippen molar-refractivity contribution in [3.8, 4) is 11.5 Å². The van der Waals surface area contributed by atoms with Gasteiger partial charge in [-0.1, -0.05) is 36.4 Å². The molecule has 0 fully saturated rings. The van der Waals surface area contributed by atoms with Gasteiger partial charge < -0.3 is 10.2 Å². The first-order valence-electron chi connectivity index (χ1n) is 4.87. The number of aromatic hydroxyl groups is 2. The summed E-state index contributed by atoms with van der Waals surface area (Å²) >= 11 is 0. The van der Waals surface area contributed by atoms with Crippen LogP contribution in [0.15, 0.2) is 53.5 Å². The lowest BCUT2D eigenvalue weighted by atomic mass is 10.2. The molecule has 0 heterocycles. The molecule has 0 aliphatic carbocycles. The number of phenolic OH excluding ortho intramolecular Hbond substituents is 2. The molecule has 0 spiro atoms. The highest BCUT2D eigenvalue weighted by molar-refractivity contribution is 5.82. The quantitative estimate of drug-likeness (QED) is 0.595. The van der Waals surface area contributed by atoms with Crippen LogP contribution in [-0.2, 0) is 0 Å². The summed E-state index contributed by atoms with van der Waals surface area (Å²) in [6.07, 6.45) is 1.63. The molecular weight excluding hydrogens is 202 g/mol. The number of aliphatic imine (C=N–C) groups is 1. The second-order valence-electron chi connectivity index (χ2n) is 3.31. The normalized spacial score (nSPS) is 10.8. The Morgan fingerprint density at radius 1 is 0.875 bits per heavy atom. The van der Waals surface area contributed by atoms with E-state index in [1.165, 1.54) is 6.07 Å². The van der Waals surface area contributed by atoms with E-state index in [2.05, 4.69) is 4.99 Å². The van der Waals surface area contributed by atoms with E-state index in [1.54, 1.807) is 18.3 Å². The van der Waals surface area contributed by atoms with Crippen molar-refractivity contribution in [3.63, 3.8) is 0 Å². The minimum atomic E-state index is -0.199. The molecule has 2 N–H and O–H groups in total. The Kier molecular flexibility index (Phi) is 2.87. The Balaban J connectivity index is 2.28. The van der Waals surface area contributed by atoms with Crippen LogP contribution in [0.4, 0.5) is 5.69 Å². The molecule has 0 saturated carbocycles. The van der Waals surface area contributed by atoms with Crippen molar-refractivity contribution >= 4 is 11.9 Å². The molecule has 2 aromatic rings. The molecule has 0 atom stereocenters. The maximum Gasteiger partial charge on any atom is 0.183 e. The van der Waals surface area contributed by atoms with Crippen LogP contribution in [0.5, 0.6) is 11.5 Å². The molecule has 0 radical (unpaired) electrons. The van der Waals surface area contributed by atoms with E-state index in [1.807, 2.05) is 30.3 Å². The fourth-order valence-electron chi connectivity index (χ4n) is 1.31. The number of phenols is 2. The van der Waals surface area contributed by atoms with Crippen LogP contribution in [0.3, 0.4) is 0 Å². The van der Waals surface area contributed by atoms with Crippen LogP contribution in [0, 0.1) is 0 Å². The average molecular weight is 213 g/mol. The minimum Gasteiger partial charge on any atom is -0.504 e. The molecule has 0 amide bonds. The van der Waals surface area contributed by atoms with Gasteiger partial charge in [0.05, 0.1) is 0 Å². The van der Waals surface area contributed by atoms with Gasteiger partial charge in [-0.3, -0.25) is 4.99 Å². The monoisotopic (exact) mass is 213 g/mol. The van der Waals surface area contributed by atoms with E-state index in [0.717, 1.165) is 5.56 Å². The molecule has 3 nitrogen and oxygen atoms in total. The van der Waals surface area contributed by atoms with Crippen LogP contribution in [0.1, 0.15) is 5.56 Å². The summed E-state index contributed by atoms with van der Waals surface area (Å²) in [5.74, 6) is -0.364. The molecule has 80 valence electrons. The number of rotatable bonds is 2. The third-order valence-electron chi connectivity index (χ3n) is 2.15. The SMILES string of the molecule is Oc1cccc(/N=C/c2ccccc2)c1O. The highest BCUT2D eigenvalue weighted by Gasteiger charge is 2.02. The van der Waals surface area contributed by atoms with Crippen molar-refractivity contribution in [1.29, 1.82) is 0 Å². The van der Waals surface area contributed by atoms with Gasteiger partial charge in [0.25, 0.3) is 0 Å². The highest BCUT2D eigenvalue weighted by Crippen LogP contribution is 2.34. The van der Waals surface area contributed by atoms with E-state index < -0.39 is 0 Å². The number of nitrogens with zero attached hydrogens (tertiary/aromatic N) is 1. The molecule has 2 aromatic carbocycles. The largest absolute Gasteiger partial charge is 0.504 e. The fraction of sp³-hybridized carbons (Fsp3) is 0. The van der Waals surface area contributed by atoms with E-state index in [4.69, 9.17) is 0 Å². The van der Waals surface area contributed by atoms with Gasteiger partial charge >= 0.3 is 0 Å². The summed E-state index contributed by atoms with van der Waals surface area (Å²) < 4.78 is 0. The molecule has 0 aromatic heterocycles. The van der Waals surface area contributed by atoms with Crippen molar-refractivity contribution < 1.29 is 10.2 Å². The van der Waals surface area contributed by atoms with E-state index in [0.29, 0.717) is 5.69 Å². The Labute approximate surface area is 93.3 Å². The summed E-state index contributed by atoms with van der Waals surface area (Å²) in [5.41, 5.74) is 1.29. The smallest absolute Gasteiger partial charge is 0.183 e. The summed E-state index contributed by atoms with van der Waals surface area (Å²) in [4.78, 5) is 4.10. The summed E-state index contributed by atoms with van der Waals surface area (Å²) in [6.45, 7) is 0. The van der Waals surface area contributed by atoms with Crippen molar-refractivity contribution in [2.75, 3.05) is 0 Å². The van der Waals surface area contributed by atoms with Crippen molar-refractivity contribution in [1.82, 2.24) is 0 Å². The standard InChI is InChI=1S/C13H11NO2/c15-12-8-4-7-11(13(12)16)14-9-10-5-2-1-3-6-10/h1-9,15-16H/b14-9+. The van der Waals surface area contributed by atoms with Crippen LogP contribution in [0.25, 0.3) is 0 Å². The summed E-state index contributed by atoms with van der Waals surface area (Å²) in [5, 5.41) is 18.8. The number of hydrogen-bond donors (Lipinski definition) is 2. The second-order valence-corrected chi connectivity index (χ2v) is 3.31. The second kappa shape index (κ2) is 4.49. The van der Waals surface area contributed by atoms with Crippen molar-refractivity contribution in [2.24, 2.45) is 4.99 Å². The third-order valence-corrected chi connectivity index (χ3v) is 2.15. The van der Waals surface area contributed by atoms with Gasteiger partial charge in [0.1, 0.15) is 5.69 Å². The fourth-order valence-corrected chi connectivity index (χ4v) is 1.31. The lowest BCUT2D eigenvalue weighted by Crippen LogP contribution is -1.78. The maximum absolute atomic E-state index is 9.51. The topological polar surface area (TPSA) is 52.8 Å². The van der Waals surface area contributed by atoms with E-state index >= 15 is 0 Å². The van der Waals surface area contributed by atoms with Crippen LogP contribution >= 0.6 is 0 Å². The van der Waals surface area contributed by atoms with Gasteiger partial charge in [-0.25, -0.2) is 0 Å². The molecule has 0 bridgehead atoms. The Hall–Kier alpha value is -2.29. The van der Waals surface area contributed by atoms with Gasteiger partial charge in [-0.15, -0.1) is 0 Å². The first-order chi connectivity index (χ1) is 7.77. The first kappa shape index (κ1) is 10.2. The molecule has 0 aliphatic rings. The van der Waals surface area contributed by atoms with Gasteiger partial charge in [0.2, 0.25) is 0 Å². The van der Waals surface area contributed by atoms with Gasteiger partial charge in [0, 0.05) is 6.21 Å². The Morgan fingerprint density at radius 2 is 1.62 bits per heavy atom. The minimum absolute atomic E-state index is 0.164. The molecule has 16 heavy (non-hydrogen) atoms. The van der Waals surface area contributed by atoms with Crippen molar-refractivity contribution in [2.45, 2.75) is 0 Å². The first-order valence-corrected chi connectivity index (χ1v) is 4.87. The van der Waals surface area contributed by atoms with E-state index in [9.17, 15) is 10.2 Å². The van der Waals surface area contributed by atoms with Gasteiger partial charge in [0.15, 0.2) is 11.5 Å². The molecule has 0 saturated heterocycles. The predicted molar refractivity (Wildman–Crippen MR) is 63.5 cm³/mol. The van der Waals surface area contributed by atoms with Gasteiger partial charge in [-0.2, -0.15) is 0 Å². The van der Waals surface area contributed by atoms with E-state index in [-0.39, 0.29) is 11.5 Å².